The Morgan fingerprint density at radius 3 is 2.52 bits per heavy atom. The van der Waals surface area contributed by atoms with Crippen molar-refractivity contribution in [1.82, 2.24) is 0 Å². The third kappa shape index (κ3) is 6.98. The van der Waals surface area contributed by atoms with Gasteiger partial charge in [-0.2, -0.15) is 5.26 Å². The Kier molecular flexibility index (Phi) is 9.76. The number of nitrogens with zero attached hydrogens (tertiary/aromatic N) is 1. The number of hydrogen-bond acceptors (Lipinski definition) is 7. The molecule has 174 valence electrons. The molecular weight excluding hydrogens is 514 g/mol. The van der Waals surface area contributed by atoms with Crippen LogP contribution in [0.15, 0.2) is 34.3 Å². The first-order valence-corrected chi connectivity index (χ1v) is 11.1. The summed E-state index contributed by atoms with van der Waals surface area (Å²) in [6.45, 7) is 4.12. The van der Waals surface area contributed by atoms with Crippen LogP contribution in [-0.2, 0) is 14.3 Å². The van der Waals surface area contributed by atoms with Crippen LogP contribution >= 0.6 is 27.5 Å². The van der Waals surface area contributed by atoms with Gasteiger partial charge in [0.25, 0.3) is 0 Å². The van der Waals surface area contributed by atoms with E-state index in [1.165, 1.54) is 26.4 Å². The fourth-order valence-electron chi connectivity index (χ4n) is 2.85. The van der Waals surface area contributed by atoms with Gasteiger partial charge in [0.1, 0.15) is 17.4 Å². The predicted molar refractivity (Wildman–Crippen MR) is 128 cm³/mol. The van der Waals surface area contributed by atoms with Crippen LogP contribution in [0.5, 0.6) is 17.2 Å². The molecule has 33 heavy (non-hydrogen) atoms. The van der Waals surface area contributed by atoms with E-state index >= 15 is 0 Å². The third-order valence-electron chi connectivity index (χ3n) is 4.60. The van der Waals surface area contributed by atoms with Crippen LogP contribution in [0.4, 0.5) is 0 Å². The second-order valence-electron chi connectivity index (χ2n) is 6.94. The first-order valence-electron chi connectivity index (χ1n) is 9.88. The van der Waals surface area contributed by atoms with Crippen molar-refractivity contribution in [2.75, 3.05) is 20.8 Å². The van der Waals surface area contributed by atoms with E-state index in [9.17, 15) is 9.59 Å². The Morgan fingerprint density at radius 2 is 1.88 bits per heavy atom. The summed E-state index contributed by atoms with van der Waals surface area (Å²) in [5, 5.41) is 9.76. The summed E-state index contributed by atoms with van der Waals surface area (Å²) in [5.41, 5.74) is 2.15. The van der Waals surface area contributed by atoms with Crippen LogP contribution in [-0.4, -0.2) is 32.8 Å². The highest BCUT2D eigenvalue weighted by Gasteiger charge is 2.14. The molecule has 2 rings (SSSR count). The van der Waals surface area contributed by atoms with Crippen molar-refractivity contribution in [2.45, 2.75) is 26.7 Å². The Morgan fingerprint density at radius 1 is 1.15 bits per heavy atom. The lowest BCUT2D eigenvalue weighted by atomic mass is 10.1. The average molecular weight is 537 g/mol. The molecule has 0 radical (unpaired) electrons. The number of nitriles is 1. The summed E-state index contributed by atoms with van der Waals surface area (Å²) in [6, 6.07) is 8.30. The van der Waals surface area contributed by atoms with Crippen molar-refractivity contribution in [3.8, 4) is 23.3 Å². The van der Waals surface area contributed by atoms with E-state index in [1.54, 1.807) is 18.2 Å². The zero-order valence-corrected chi connectivity index (χ0v) is 21.0. The summed E-state index contributed by atoms with van der Waals surface area (Å²) in [7, 11) is 2.62. The summed E-state index contributed by atoms with van der Waals surface area (Å²) >= 11 is 9.71. The smallest absolute Gasteiger partial charge is 0.348 e. The lowest BCUT2D eigenvalue weighted by molar-refractivity contribution is -0.136. The minimum atomic E-state index is -0.745. The van der Waals surface area contributed by atoms with E-state index in [0.29, 0.717) is 29.4 Å². The monoisotopic (exact) mass is 535 g/mol. The van der Waals surface area contributed by atoms with E-state index in [-0.39, 0.29) is 23.5 Å². The highest BCUT2D eigenvalue weighted by molar-refractivity contribution is 9.10. The van der Waals surface area contributed by atoms with Gasteiger partial charge in [-0.05, 0) is 77.2 Å². The molecule has 0 amide bonds. The van der Waals surface area contributed by atoms with Gasteiger partial charge < -0.3 is 18.9 Å². The lowest BCUT2D eigenvalue weighted by Crippen LogP contribution is -2.11. The normalized spacial score (nSPS) is 10.9. The molecule has 9 heteroatoms. The summed E-state index contributed by atoms with van der Waals surface area (Å²) in [5.74, 6) is -0.0210. The number of benzene rings is 2. The molecule has 0 atom stereocenters. The van der Waals surface area contributed by atoms with E-state index < -0.39 is 11.9 Å². The van der Waals surface area contributed by atoms with Crippen molar-refractivity contribution < 1.29 is 28.5 Å². The first kappa shape index (κ1) is 26.2. The van der Waals surface area contributed by atoms with Gasteiger partial charge in [0.2, 0.25) is 0 Å². The lowest BCUT2D eigenvalue weighted by Gasteiger charge is -2.13. The first-order chi connectivity index (χ1) is 15.7. The van der Waals surface area contributed by atoms with Gasteiger partial charge in [-0.3, -0.25) is 4.79 Å². The molecule has 0 N–H and O–H groups in total. The van der Waals surface area contributed by atoms with Gasteiger partial charge in [0.05, 0.1) is 25.3 Å². The predicted octanol–water partition coefficient (Wildman–Crippen LogP) is 5.57. The average Bonchev–Trinajstić information content (AvgIpc) is 2.82. The minimum absolute atomic E-state index is 0.134. The SMILES string of the molecule is COC(=O)/C(C#N)=C/c1ccc(OC(=O)CCCOc2cc(C)c(Cl)c(C)c2Br)c(OC)c1. The number of carbonyl (C=O) groups is 2. The molecule has 0 aliphatic rings. The number of aryl methyl sites for hydroxylation is 1. The van der Waals surface area contributed by atoms with Crippen LogP contribution in [0, 0.1) is 25.2 Å². The van der Waals surface area contributed by atoms with Crippen molar-refractivity contribution in [3.05, 3.63) is 56.0 Å². The molecule has 0 heterocycles. The highest BCUT2D eigenvalue weighted by atomic mass is 79.9. The number of methoxy groups -OCH3 is 2. The molecule has 0 unspecified atom stereocenters. The molecule has 7 nitrogen and oxygen atoms in total. The van der Waals surface area contributed by atoms with Crippen molar-refractivity contribution in [1.29, 1.82) is 5.26 Å². The number of esters is 2. The van der Waals surface area contributed by atoms with E-state index in [2.05, 4.69) is 20.7 Å². The summed E-state index contributed by atoms with van der Waals surface area (Å²) < 4.78 is 21.8. The van der Waals surface area contributed by atoms with Gasteiger partial charge >= 0.3 is 11.9 Å². The molecule has 2 aromatic carbocycles. The maximum atomic E-state index is 12.3. The highest BCUT2D eigenvalue weighted by Crippen LogP contribution is 2.36. The number of carbonyl (C=O) groups excluding carboxylic acids is 2. The number of halogens is 2. The molecule has 0 spiro atoms. The van der Waals surface area contributed by atoms with Gasteiger partial charge in [0.15, 0.2) is 11.5 Å². The zero-order valence-electron chi connectivity index (χ0n) is 18.7. The third-order valence-corrected chi connectivity index (χ3v) is 6.17. The van der Waals surface area contributed by atoms with Gasteiger partial charge in [-0.25, -0.2) is 4.79 Å². The molecule has 0 aromatic heterocycles. The fourth-order valence-corrected chi connectivity index (χ4v) is 3.54. The van der Waals surface area contributed by atoms with Crippen LogP contribution in [0.1, 0.15) is 29.5 Å². The van der Waals surface area contributed by atoms with Gasteiger partial charge in [-0.15, -0.1) is 0 Å². The molecule has 0 fully saturated rings. The number of rotatable bonds is 9. The molecule has 0 bridgehead atoms. The Labute approximate surface area is 206 Å². The maximum absolute atomic E-state index is 12.3. The Balaban J connectivity index is 1.97. The summed E-state index contributed by atoms with van der Waals surface area (Å²) in [4.78, 5) is 23.8. The molecule has 0 saturated carbocycles. The zero-order chi connectivity index (χ0) is 24.5. The fraction of sp³-hybridized carbons (Fsp3) is 0.292. The van der Waals surface area contributed by atoms with Crippen molar-refractivity contribution >= 4 is 45.5 Å². The van der Waals surface area contributed by atoms with Crippen molar-refractivity contribution in [3.63, 3.8) is 0 Å². The second kappa shape index (κ2) is 12.3. The van der Waals surface area contributed by atoms with Gasteiger partial charge in [0, 0.05) is 11.4 Å². The molecule has 0 aliphatic carbocycles. The topological polar surface area (TPSA) is 94.9 Å². The number of ether oxygens (including phenoxy) is 4. The Hall–Kier alpha value is -3.02. The second-order valence-corrected chi connectivity index (χ2v) is 8.11. The molecular formula is C24H23BrClNO6. The van der Waals surface area contributed by atoms with Crippen molar-refractivity contribution in [2.24, 2.45) is 0 Å². The maximum Gasteiger partial charge on any atom is 0.348 e. The summed E-state index contributed by atoms with van der Waals surface area (Å²) in [6.07, 6.45) is 1.93. The van der Waals surface area contributed by atoms with Crippen LogP contribution in [0.3, 0.4) is 0 Å². The molecule has 2 aromatic rings. The quantitative estimate of drug-likeness (QED) is 0.136. The Bertz CT molecular complexity index is 1120. The molecule has 0 saturated heterocycles. The number of hydrogen-bond donors (Lipinski definition) is 0. The van der Waals surface area contributed by atoms with Crippen LogP contribution in [0.2, 0.25) is 5.02 Å². The molecule has 0 aliphatic heterocycles. The largest absolute Gasteiger partial charge is 0.493 e. The van der Waals surface area contributed by atoms with E-state index in [1.807, 2.05) is 19.9 Å². The van der Waals surface area contributed by atoms with E-state index in [0.717, 1.165) is 15.6 Å². The van der Waals surface area contributed by atoms with E-state index in [4.69, 9.17) is 31.1 Å². The van der Waals surface area contributed by atoms with Crippen LogP contribution in [0.25, 0.3) is 6.08 Å². The standard InChI is InChI=1S/C24H23BrClNO6/c1-14-10-20(22(25)15(2)23(14)26)32-9-5-6-21(28)33-18-8-7-16(12-19(18)30-3)11-17(13-27)24(29)31-4/h7-8,10-12H,5-6,9H2,1-4H3/b17-11+. The minimum Gasteiger partial charge on any atom is -0.493 e. The van der Waals surface area contributed by atoms with Gasteiger partial charge in [-0.1, -0.05) is 17.7 Å². The van der Waals surface area contributed by atoms with Crippen LogP contribution < -0.4 is 14.2 Å².